The lowest BCUT2D eigenvalue weighted by Crippen LogP contribution is -2.29. The van der Waals surface area contributed by atoms with Crippen LogP contribution in [0.2, 0.25) is 0 Å². The molecule has 0 spiro atoms. The summed E-state index contributed by atoms with van der Waals surface area (Å²) in [6.45, 7) is 0. The first kappa shape index (κ1) is 9.41. The van der Waals surface area contributed by atoms with Gasteiger partial charge in [0.15, 0.2) is 0 Å². The van der Waals surface area contributed by atoms with Crippen molar-refractivity contribution in [3.05, 3.63) is 30.1 Å². The van der Waals surface area contributed by atoms with Gasteiger partial charge in [-0.05, 0) is 37.0 Å². The highest BCUT2D eigenvalue weighted by Gasteiger charge is 2.37. The van der Waals surface area contributed by atoms with E-state index < -0.39 is 0 Å². The third kappa shape index (κ3) is 1.38. The van der Waals surface area contributed by atoms with Crippen molar-refractivity contribution in [3.63, 3.8) is 0 Å². The second-order valence-electron chi connectivity index (χ2n) is 4.68. The minimum atomic E-state index is -0.0896. The second-order valence-corrected chi connectivity index (χ2v) is 4.68. The van der Waals surface area contributed by atoms with Crippen molar-refractivity contribution in [1.29, 1.82) is 5.26 Å². The van der Waals surface area contributed by atoms with Gasteiger partial charge in [0.25, 0.3) is 0 Å². The first-order valence-corrected chi connectivity index (χ1v) is 5.65. The molecule has 1 saturated carbocycles. The first-order valence-electron chi connectivity index (χ1n) is 5.65. The van der Waals surface area contributed by atoms with Gasteiger partial charge in [-0.25, -0.2) is 4.98 Å². The quantitative estimate of drug-likeness (QED) is 0.830. The van der Waals surface area contributed by atoms with Crippen LogP contribution in [0.15, 0.2) is 24.5 Å². The van der Waals surface area contributed by atoms with Gasteiger partial charge in [0.2, 0.25) is 0 Å². The average molecular weight is 211 g/mol. The Morgan fingerprint density at radius 1 is 1.44 bits per heavy atom. The number of nitriles is 1. The summed E-state index contributed by atoms with van der Waals surface area (Å²) in [7, 11) is 0. The number of imidazole rings is 1. The molecule has 1 aliphatic carbocycles. The SMILES string of the molecule is N#CC1(Cc2ccc3nc[nH]c3c2)CCC1. The Balaban J connectivity index is 1.92. The van der Waals surface area contributed by atoms with Crippen molar-refractivity contribution >= 4 is 11.0 Å². The molecule has 80 valence electrons. The van der Waals surface area contributed by atoms with Gasteiger partial charge in [-0.1, -0.05) is 12.5 Å². The van der Waals surface area contributed by atoms with Crippen LogP contribution in [-0.4, -0.2) is 9.97 Å². The summed E-state index contributed by atoms with van der Waals surface area (Å²) in [5, 5.41) is 9.20. The molecule has 3 nitrogen and oxygen atoms in total. The molecular weight excluding hydrogens is 198 g/mol. The Morgan fingerprint density at radius 2 is 2.31 bits per heavy atom. The summed E-state index contributed by atoms with van der Waals surface area (Å²) in [4.78, 5) is 7.30. The largest absolute Gasteiger partial charge is 0.345 e. The molecule has 1 aromatic heterocycles. The van der Waals surface area contributed by atoms with E-state index in [1.807, 2.05) is 6.07 Å². The minimum Gasteiger partial charge on any atom is -0.345 e. The number of aromatic amines is 1. The van der Waals surface area contributed by atoms with Crippen molar-refractivity contribution in [3.8, 4) is 6.07 Å². The highest BCUT2D eigenvalue weighted by Crippen LogP contribution is 2.43. The van der Waals surface area contributed by atoms with Crippen LogP contribution in [0, 0.1) is 16.7 Å². The van der Waals surface area contributed by atoms with Gasteiger partial charge >= 0.3 is 0 Å². The predicted molar refractivity (Wildman–Crippen MR) is 61.7 cm³/mol. The van der Waals surface area contributed by atoms with Crippen LogP contribution < -0.4 is 0 Å². The summed E-state index contributed by atoms with van der Waals surface area (Å²) in [5.41, 5.74) is 3.19. The van der Waals surface area contributed by atoms with Crippen LogP contribution >= 0.6 is 0 Å². The molecule has 1 heterocycles. The Labute approximate surface area is 94.1 Å². The molecule has 1 aliphatic rings. The molecule has 3 rings (SSSR count). The molecule has 16 heavy (non-hydrogen) atoms. The summed E-state index contributed by atoms with van der Waals surface area (Å²) >= 11 is 0. The van der Waals surface area contributed by atoms with E-state index in [0.717, 1.165) is 30.3 Å². The molecule has 0 unspecified atom stereocenters. The Hall–Kier alpha value is -1.82. The van der Waals surface area contributed by atoms with Gasteiger partial charge in [-0.15, -0.1) is 0 Å². The van der Waals surface area contributed by atoms with Crippen molar-refractivity contribution in [2.24, 2.45) is 5.41 Å². The Morgan fingerprint density at radius 3 is 3.00 bits per heavy atom. The highest BCUT2D eigenvalue weighted by molar-refractivity contribution is 5.75. The lowest BCUT2D eigenvalue weighted by molar-refractivity contribution is 0.214. The first-order chi connectivity index (χ1) is 7.81. The number of hydrogen-bond donors (Lipinski definition) is 1. The smallest absolute Gasteiger partial charge is 0.0931 e. The molecule has 1 N–H and O–H groups in total. The maximum Gasteiger partial charge on any atom is 0.0931 e. The molecular formula is C13H13N3. The maximum absolute atomic E-state index is 9.20. The van der Waals surface area contributed by atoms with Gasteiger partial charge < -0.3 is 4.98 Å². The third-order valence-electron chi connectivity index (χ3n) is 3.57. The Kier molecular flexibility index (Phi) is 1.97. The fourth-order valence-corrected chi connectivity index (χ4v) is 2.42. The molecule has 1 fully saturated rings. The van der Waals surface area contributed by atoms with E-state index >= 15 is 0 Å². The third-order valence-corrected chi connectivity index (χ3v) is 3.57. The van der Waals surface area contributed by atoms with Crippen LogP contribution in [0.5, 0.6) is 0 Å². The van der Waals surface area contributed by atoms with E-state index in [9.17, 15) is 5.26 Å². The number of fused-ring (bicyclic) bond motifs is 1. The van der Waals surface area contributed by atoms with Crippen LogP contribution in [-0.2, 0) is 6.42 Å². The molecule has 0 amide bonds. The monoisotopic (exact) mass is 211 g/mol. The Bertz CT molecular complexity index is 558. The molecule has 1 aromatic carbocycles. The average Bonchev–Trinajstić information content (AvgIpc) is 2.70. The molecule has 0 atom stereocenters. The number of aromatic nitrogens is 2. The lowest BCUT2D eigenvalue weighted by atomic mass is 9.66. The fraction of sp³-hybridized carbons (Fsp3) is 0.385. The van der Waals surface area contributed by atoms with E-state index in [2.05, 4.69) is 28.2 Å². The van der Waals surface area contributed by atoms with E-state index in [-0.39, 0.29) is 5.41 Å². The zero-order chi connectivity index (χ0) is 11.0. The van der Waals surface area contributed by atoms with Crippen LogP contribution in [0.3, 0.4) is 0 Å². The highest BCUT2D eigenvalue weighted by atomic mass is 14.9. The van der Waals surface area contributed by atoms with Gasteiger partial charge in [0.1, 0.15) is 0 Å². The summed E-state index contributed by atoms with van der Waals surface area (Å²) in [6, 6.07) is 8.69. The van der Waals surface area contributed by atoms with E-state index in [1.165, 1.54) is 12.0 Å². The van der Waals surface area contributed by atoms with Gasteiger partial charge in [0, 0.05) is 0 Å². The van der Waals surface area contributed by atoms with Crippen molar-refractivity contribution in [2.45, 2.75) is 25.7 Å². The van der Waals surface area contributed by atoms with Crippen molar-refractivity contribution in [1.82, 2.24) is 9.97 Å². The zero-order valence-corrected chi connectivity index (χ0v) is 9.03. The number of H-pyrrole nitrogens is 1. The topological polar surface area (TPSA) is 52.5 Å². The summed E-state index contributed by atoms with van der Waals surface area (Å²) in [6.07, 6.45) is 5.87. The van der Waals surface area contributed by atoms with E-state index in [1.54, 1.807) is 6.33 Å². The van der Waals surface area contributed by atoms with Crippen LogP contribution in [0.1, 0.15) is 24.8 Å². The van der Waals surface area contributed by atoms with Crippen molar-refractivity contribution < 1.29 is 0 Å². The summed E-state index contributed by atoms with van der Waals surface area (Å²) < 4.78 is 0. The second kappa shape index (κ2) is 3.34. The summed E-state index contributed by atoms with van der Waals surface area (Å²) in [5.74, 6) is 0. The standard InChI is InChI=1S/C13H13N3/c14-8-13(4-1-5-13)7-10-2-3-11-12(6-10)16-9-15-11/h2-3,6,9H,1,4-5,7H2,(H,15,16). The number of nitrogens with one attached hydrogen (secondary N) is 1. The molecule has 0 aliphatic heterocycles. The van der Waals surface area contributed by atoms with Gasteiger partial charge in [-0.3, -0.25) is 0 Å². The van der Waals surface area contributed by atoms with E-state index in [4.69, 9.17) is 0 Å². The molecule has 0 radical (unpaired) electrons. The maximum atomic E-state index is 9.20. The molecule has 0 saturated heterocycles. The van der Waals surface area contributed by atoms with Crippen LogP contribution in [0.4, 0.5) is 0 Å². The zero-order valence-electron chi connectivity index (χ0n) is 9.03. The minimum absolute atomic E-state index is 0.0896. The van der Waals surface area contributed by atoms with Crippen LogP contribution in [0.25, 0.3) is 11.0 Å². The van der Waals surface area contributed by atoms with Gasteiger partial charge in [0.05, 0.1) is 28.8 Å². The molecule has 2 aromatic rings. The number of nitrogens with zero attached hydrogens (tertiary/aromatic N) is 2. The van der Waals surface area contributed by atoms with Crippen molar-refractivity contribution in [2.75, 3.05) is 0 Å². The van der Waals surface area contributed by atoms with E-state index in [0.29, 0.717) is 0 Å². The predicted octanol–water partition coefficient (Wildman–Crippen LogP) is 2.80. The molecule has 3 heteroatoms. The molecule has 0 bridgehead atoms. The normalized spacial score (nSPS) is 17.9. The fourth-order valence-electron chi connectivity index (χ4n) is 2.42. The number of hydrogen-bond acceptors (Lipinski definition) is 2. The number of rotatable bonds is 2. The lowest BCUT2D eigenvalue weighted by Gasteiger charge is -2.35. The van der Waals surface area contributed by atoms with Gasteiger partial charge in [-0.2, -0.15) is 5.26 Å². The number of benzene rings is 1.